The van der Waals surface area contributed by atoms with Crippen molar-refractivity contribution in [2.75, 3.05) is 5.32 Å². The number of aromatic amines is 1. The summed E-state index contributed by atoms with van der Waals surface area (Å²) in [6, 6.07) is 4.52. The van der Waals surface area contributed by atoms with Gasteiger partial charge in [0.1, 0.15) is 5.82 Å². The molecule has 0 bridgehead atoms. The van der Waals surface area contributed by atoms with E-state index >= 15 is 0 Å². The van der Waals surface area contributed by atoms with Crippen LogP contribution < -0.4 is 5.32 Å². The molecule has 0 radical (unpaired) electrons. The van der Waals surface area contributed by atoms with E-state index in [0.29, 0.717) is 23.6 Å². The molecule has 2 N–H and O–H groups in total. The van der Waals surface area contributed by atoms with E-state index in [1.54, 1.807) is 19.1 Å². The van der Waals surface area contributed by atoms with Crippen molar-refractivity contribution >= 4 is 17.4 Å². The summed E-state index contributed by atoms with van der Waals surface area (Å²) in [6.45, 7) is 3.45. The highest BCUT2D eigenvalue weighted by Crippen LogP contribution is 2.18. The van der Waals surface area contributed by atoms with E-state index in [0.717, 1.165) is 5.69 Å². The van der Waals surface area contributed by atoms with Gasteiger partial charge in [-0.1, -0.05) is 0 Å². The molecule has 0 fully saturated rings. The van der Waals surface area contributed by atoms with Gasteiger partial charge in [0.2, 0.25) is 11.6 Å². The number of nitrogens with one attached hydrogen (secondary N) is 2. The maximum Gasteiger partial charge on any atom is 0.230 e. The first-order valence-corrected chi connectivity index (χ1v) is 7.17. The molecule has 25 heavy (non-hydrogen) atoms. The van der Waals surface area contributed by atoms with Gasteiger partial charge in [0.25, 0.3) is 0 Å². The number of rotatable bonds is 4. The monoisotopic (exact) mass is 347 g/mol. The Morgan fingerprint density at radius 1 is 1.00 bits per heavy atom. The molecule has 1 aromatic carbocycles. The van der Waals surface area contributed by atoms with Gasteiger partial charge >= 0.3 is 0 Å². The lowest BCUT2D eigenvalue weighted by molar-refractivity contribution is 0.102. The molecule has 0 amide bonds. The normalized spacial score (nSPS) is 10.8. The fraction of sp³-hybridized carbons (Fsp3) is 0.125. The van der Waals surface area contributed by atoms with Gasteiger partial charge in [-0.3, -0.25) is 9.89 Å². The van der Waals surface area contributed by atoms with Crippen LogP contribution in [0.25, 0.3) is 0 Å². The molecular weight excluding hydrogens is 335 g/mol. The molecular formula is C16H12F3N5O. The Kier molecular flexibility index (Phi) is 4.22. The Morgan fingerprint density at radius 3 is 2.28 bits per heavy atom. The maximum absolute atomic E-state index is 13.3. The number of ketones is 1. The molecule has 0 unspecified atom stereocenters. The number of carbonyl (C=O) groups excluding carboxylic acids is 1. The van der Waals surface area contributed by atoms with E-state index in [2.05, 4.69) is 25.5 Å². The van der Waals surface area contributed by atoms with Crippen LogP contribution in [-0.4, -0.2) is 25.9 Å². The summed E-state index contributed by atoms with van der Waals surface area (Å²) >= 11 is 0. The van der Waals surface area contributed by atoms with Crippen LogP contribution in [0.3, 0.4) is 0 Å². The first-order valence-electron chi connectivity index (χ1n) is 7.17. The number of anilines is 2. The predicted octanol–water partition coefficient (Wildman–Crippen LogP) is 3.21. The Bertz CT molecular complexity index is 947. The van der Waals surface area contributed by atoms with Crippen LogP contribution in [0.15, 0.2) is 24.3 Å². The van der Waals surface area contributed by atoms with Gasteiger partial charge < -0.3 is 5.32 Å². The number of aryl methyl sites for hydroxylation is 2. The molecule has 6 nitrogen and oxygen atoms in total. The summed E-state index contributed by atoms with van der Waals surface area (Å²) < 4.78 is 39.7. The second-order valence-corrected chi connectivity index (χ2v) is 5.36. The molecule has 2 aromatic heterocycles. The molecule has 128 valence electrons. The van der Waals surface area contributed by atoms with Crippen molar-refractivity contribution in [1.82, 2.24) is 20.2 Å². The first-order chi connectivity index (χ1) is 11.8. The molecule has 0 aliphatic carbocycles. The van der Waals surface area contributed by atoms with Crippen molar-refractivity contribution in [3.63, 3.8) is 0 Å². The largest absolute Gasteiger partial charge is 0.323 e. The molecule has 0 aliphatic heterocycles. The van der Waals surface area contributed by atoms with Gasteiger partial charge in [0.05, 0.1) is 0 Å². The van der Waals surface area contributed by atoms with Crippen molar-refractivity contribution in [2.45, 2.75) is 13.8 Å². The van der Waals surface area contributed by atoms with Gasteiger partial charge in [-0.15, -0.1) is 0 Å². The number of hydrogen-bond donors (Lipinski definition) is 2. The predicted molar refractivity (Wildman–Crippen MR) is 83.1 cm³/mol. The average molecular weight is 347 g/mol. The minimum absolute atomic E-state index is 0.278. The van der Waals surface area contributed by atoms with Gasteiger partial charge in [0, 0.05) is 29.1 Å². The summed E-state index contributed by atoms with van der Waals surface area (Å²) in [4.78, 5) is 20.4. The third-order valence-corrected chi connectivity index (χ3v) is 3.27. The third-order valence-electron chi connectivity index (χ3n) is 3.27. The summed E-state index contributed by atoms with van der Waals surface area (Å²) in [5, 5.41) is 9.62. The summed E-state index contributed by atoms with van der Waals surface area (Å²) in [6.07, 6.45) is 0. The molecule has 2 heterocycles. The van der Waals surface area contributed by atoms with E-state index in [-0.39, 0.29) is 17.2 Å². The summed E-state index contributed by atoms with van der Waals surface area (Å²) in [5.41, 5.74) is 0.890. The maximum atomic E-state index is 13.3. The zero-order valence-corrected chi connectivity index (χ0v) is 13.2. The summed E-state index contributed by atoms with van der Waals surface area (Å²) in [5.74, 6) is -4.90. The smallest absolute Gasteiger partial charge is 0.230 e. The van der Waals surface area contributed by atoms with Gasteiger partial charge in [0.15, 0.2) is 23.3 Å². The molecule has 9 heteroatoms. The lowest BCUT2D eigenvalue weighted by atomic mass is 10.1. The highest BCUT2D eigenvalue weighted by molar-refractivity contribution is 6.06. The number of nitrogens with zero attached hydrogens (tertiary/aromatic N) is 3. The highest BCUT2D eigenvalue weighted by Gasteiger charge is 2.19. The van der Waals surface area contributed by atoms with Gasteiger partial charge in [-0.05, 0) is 26.0 Å². The second-order valence-electron chi connectivity index (χ2n) is 5.36. The van der Waals surface area contributed by atoms with Crippen LogP contribution in [0.4, 0.5) is 24.8 Å². The van der Waals surface area contributed by atoms with Crippen LogP contribution in [-0.2, 0) is 0 Å². The Hall–Kier alpha value is -3.23. The van der Waals surface area contributed by atoms with Crippen molar-refractivity contribution in [1.29, 1.82) is 0 Å². The minimum Gasteiger partial charge on any atom is -0.323 e. The minimum atomic E-state index is -1.64. The summed E-state index contributed by atoms with van der Waals surface area (Å²) in [7, 11) is 0. The average Bonchev–Trinajstić information content (AvgIpc) is 2.95. The van der Waals surface area contributed by atoms with Crippen LogP contribution >= 0.6 is 0 Å². The van der Waals surface area contributed by atoms with E-state index in [1.807, 2.05) is 6.92 Å². The number of benzene rings is 1. The Labute approximate surface area is 140 Å². The van der Waals surface area contributed by atoms with Gasteiger partial charge in [-0.2, -0.15) is 5.10 Å². The van der Waals surface area contributed by atoms with Crippen LogP contribution in [0.2, 0.25) is 0 Å². The number of hydrogen-bond acceptors (Lipinski definition) is 5. The molecule has 3 aromatic rings. The Morgan fingerprint density at radius 2 is 1.68 bits per heavy atom. The quantitative estimate of drug-likeness (QED) is 0.559. The second kappa shape index (κ2) is 6.34. The third kappa shape index (κ3) is 3.49. The molecule has 0 saturated carbocycles. The first kappa shape index (κ1) is 16.6. The van der Waals surface area contributed by atoms with Gasteiger partial charge in [-0.25, -0.2) is 23.1 Å². The zero-order chi connectivity index (χ0) is 18.1. The standard InChI is InChI=1S/C16H12F3N5O/c1-7-3-12(21-13-4-8(2)23-24-13)22-16(20-7)15(25)9-5-10(17)14(19)11(18)6-9/h3-6H,1-2H3,(H2,20,21,22,23,24). The van der Waals surface area contributed by atoms with E-state index < -0.39 is 23.2 Å². The topological polar surface area (TPSA) is 83.6 Å². The van der Waals surface area contributed by atoms with Crippen molar-refractivity contribution in [2.24, 2.45) is 0 Å². The molecule has 0 spiro atoms. The Balaban J connectivity index is 1.95. The molecule has 0 atom stereocenters. The lowest BCUT2D eigenvalue weighted by Gasteiger charge is -2.07. The fourth-order valence-electron chi connectivity index (χ4n) is 2.16. The lowest BCUT2D eigenvalue weighted by Crippen LogP contribution is -2.11. The zero-order valence-electron chi connectivity index (χ0n) is 13.2. The van der Waals surface area contributed by atoms with E-state index in [9.17, 15) is 18.0 Å². The van der Waals surface area contributed by atoms with Crippen LogP contribution in [0, 0.1) is 31.3 Å². The number of H-pyrrole nitrogens is 1. The van der Waals surface area contributed by atoms with Crippen molar-refractivity contribution < 1.29 is 18.0 Å². The van der Waals surface area contributed by atoms with Crippen molar-refractivity contribution in [3.05, 3.63) is 64.5 Å². The SMILES string of the molecule is Cc1cc(Nc2cc(C)[nH]n2)nc(C(=O)c2cc(F)c(F)c(F)c2)n1. The molecule has 3 rings (SSSR count). The number of aromatic nitrogens is 4. The van der Waals surface area contributed by atoms with Crippen LogP contribution in [0.5, 0.6) is 0 Å². The number of carbonyl (C=O) groups is 1. The highest BCUT2D eigenvalue weighted by atomic mass is 19.2. The van der Waals surface area contributed by atoms with E-state index in [4.69, 9.17) is 0 Å². The van der Waals surface area contributed by atoms with Crippen molar-refractivity contribution in [3.8, 4) is 0 Å². The fourth-order valence-corrected chi connectivity index (χ4v) is 2.16. The molecule has 0 aliphatic rings. The number of halogens is 3. The molecule has 0 saturated heterocycles. The van der Waals surface area contributed by atoms with Crippen LogP contribution in [0.1, 0.15) is 27.6 Å². The van der Waals surface area contributed by atoms with E-state index in [1.165, 1.54) is 0 Å².